The molecule has 0 unspecified atom stereocenters. The van der Waals surface area contributed by atoms with Crippen molar-refractivity contribution in [3.05, 3.63) is 56.9 Å². The Morgan fingerprint density at radius 3 is 2.75 bits per heavy atom. The largest absolute Gasteiger partial charge is 0.497 e. The molecule has 6 rings (SSSR count). The number of carbonyl (C=O) groups is 1. The van der Waals surface area contributed by atoms with Crippen LogP contribution in [-0.4, -0.2) is 27.7 Å². The van der Waals surface area contributed by atoms with Gasteiger partial charge >= 0.3 is 5.97 Å². The highest BCUT2D eigenvalue weighted by molar-refractivity contribution is 5.90. The maximum absolute atomic E-state index is 13.5. The first-order chi connectivity index (χ1) is 15.5. The lowest BCUT2D eigenvalue weighted by molar-refractivity contribution is -0.172. The topological polar surface area (TPSA) is 90.7 Å². The molecule has 1 atom stereocenters. The van der Waals surface area contributed by atoms with Gasteiger partial charge < -0.3 is 19.1 Å². The standard InChI is InChI=1S/C25H24N2O5/c1-3-25(30)18-10-20-22-16(11-27(20)23(28)17(18)12-32-24(25)29)21(13-5-4-6-13)15-9-14(31-2)7-8-19(15)26-22/h7-10,13,30H,3-6,11-12H2,1-2H3/t25-/m0/s1. The minimum atomic E-state index is -1.81. The van der Waals surface area contributed by atoms with Crippen molar-refractivity contribution in [2.45, 2.75) is 57.3 Å². The third kappa shape index (κ3) is 2.43. The molecule has 1 aromatic carbocycles. The number of aromatic nitrogens is 2. The molecule has 4 heterocycles. The van der Waals surface area contributed by atoms with Crippen molar-refractivity contribution in [3.8, 4) is 17.1 Å². The Balaban J connectivity index is 1.65. The van der Waals surface area contributed by atoms with Crippen LogP contribution in [0.5, 0.6) is 5.75 Å². The Morgan fingerprint density at radius 2 is 2.06 bits per heavy atom. The lowest BCUT2D eigenvalue weighted by Crippen LogP contribution is -2.44. The molecule has 2 aliphatic heterocycles. The molecule has 0 radical (unpaired) electrons. The van der Waals surface area contributed by atoms with Gasteiger partial charge in [0, 0.05) is 16.5 Å². The van der Waals surface area contributed by atoms with Gasteiger partial charge in [0.25, 0.3) is 5.56 Å². The molecule has 0 spiro atoms. The first kappa shape index (κ1) is 19.5. The monoisotopic (exact) mass is 432 g/mol. The molecule has 1 saturated carbocycles. The molecule has 164 valence electrons. The number of methoxy groups -OCH3 is 1. The number of fused-ring (bicyclic) bond motifs is 5. The number of nitrogens with zero attached hydrogens (tertiary/aromatic N) is 2. The second-order valence-electron chi connectivity index (χ2n) is 8.97. The molecule has 1 N–H and O–H groups in total. The Kier molecular flexibility index (Phi) is 4.05. The number of carbonyl (C=O) groups excluding carboxylic acids is 1. The number of hydrogen-bond donors (Lipinski definition) is 1. The fourth-order valence-electron chi connectivity index (χ4n) is 5.38. The maximum atomic E-state index is 13.5. The SMILES string of the molecule is CC[C@@]1(O)C(=O)OCc2c1cc1n(c2=O)Cc2c-1nc1ccc(OC)cc1c2C1CCC1. The van der Waals surface area contributed by atoms with Gasteiger partial charge in [0.1, 0.15) is 12.4 Å². The van der Waals surface area contributed by atoms with Crippen LogP contribution in [0.2, 0.25) is 0 Å². The zero-order valence-corrected chi connectivity index (χ0v) is 18.1. The second kappa shape index (κ2) is 6.65. The van der Waals surface area contributed by atoms with Crippen LogP contribution in [0, 0.1) is 0 Å². The number of esters is 1. The van der Waals surface area contributed by atoms with Gasteiger partial charge in [-0.1, -0.05) is 13.3 Å². The van der Waals surface area contributed by atoms with Gasteiger partial charge in [0.05, 0.1) is 36.1 Å². The van der Waals surface area contributed by atoms with Gasteiger partial charge in [-0.05, 0) is 55.0 Å². The Labute approximate surface area is 184 Å². The zero-order valence-electron chi connectivity index (χ0n) is 18.1. The van der Waals surface area contributed by atoms with E-state index in [0.717, 1.165) is 40.8 Å². The summed E-state index contributed by atoms with van der Waals surface area (Å²) in [4.78, 5) is 30.8. The van der Waals surface area contributed by atoms with E-state index in [-0.39, 0.29) is 18.6 Å². The van der Waals surface area contributed by atoms with Crippen LogP contribution in [0.4, 0.5) is 0 Å². The van der Waals surface area contributed by atoms with Crippen molar-refractivity contribution in [1.29, 1.82) is 0 Å². The van der Waals surface area contributed by atoms with E-state index < -0.39 is 11.6 Å². The highest BCUT2D eigenvalue weighted by Gasteiger charge is 2.45. The van der Waals surface area contributed by atoms with Crippen molar-refractivity contribution in [1.82, 2.24) is 9.55 Å². The van der Waals surface area contributed by atoms with E-state index in [4.69, 9.17) is 14.5 Å². The highest BCUT2D eigenvalue weighted by atomic mass is 16.6. The molecule has 2 aromatic heterocycles. The van der Waals surface area contributed by atoms with E-state index in [0.29, 0.717) is 29.3 Å². The van der Waals surface area contributed by atoms with Crippen molar-refractivity contribution in [2.24, 2.45) is 0 Å². The number of rotatable bonds is 3. The summed E-state index contributed by atoms with van der Waals surface area (Å²) in [7, 11) is 1.66. The number of hydrogen-bond acceptors (Lipinski definition) is 6. The number of ether oxygens (including phenoxy) is 2. The number of benzene rings is 1. The molecule has 1 aliphatic carbocycles. The first-order valence-corrected chi connectivity index (χ1v) is 11.1. The molecule has 1 fully saturated rings. The predicted octanol–water partition coefficient (Wildman–Crippen LogP) is 3.36. The van der Waals surface area contributed by atoms with Crippen LogP contribution in [0.15, 0.2) is 29.1 Å². The smallest absolute Gasteiger partial charge is 0.343 e. The van der Waals surface area contributed by atoms with E-state index in [1.165, 1.54) is 12.0 Å². The van der Waals surface area contributed by atoms with Crippen LogP contribution >= 0.6 is 0 Å². The average Bonchev–Trinajstić information content (AvgIpc) is 3.14. The zero-order chi connectivity index (χ0) is 22.2. The van der Waals surface area contributed by atoms with Crippen LogP contribution in [0.3, 0.4) is 0 Å². The summed E-state index contributed by atoms with van der Waals surface area (Å²) in [6.45, 7) is 2.03. The molecule has 3 aromatic rings. The van der Waals surface area contributed by atoms with Gasteiger partial charge in [-0.3, -0.25) is 4.79 Å². The number of aliphatic hydroxyl groups is 1. The Hall–Kier alpha value is -3.19. The summed E-state index contributed by atoms with van der Waals surface area (Å²) < 4.78 is 12.4. The number of pyridine rings is 2. The van der Waals surface area contributed by atoms with Crippen molar-refractivity contribution >= 4 is 16.9 Å². The Bertz CT molecular complexity index is 1370. The van der Waals surface area contributed by atoms with E-state index >= 15 is 0 Å². The van der Waals surface area contributed by atoms with E-state index in [1.54, 1.807) is 24.7 Å². The summed E-state index contributed by atoms with van der Waals surface area (Å²) in [6.07, 6.45) is 3.55. The lowest BCUT2D eigenvalue weighted by Gasteiger charge is -2.31. The van der Waals surface area contributed by atoms with Gasteiger partial charge in [0.2, 0.25) is 0 Å². The fraction of sp³-hybridized carbons (Fsp3) is 0.400. The normalized spacial score (nSPS) is 21.5. The fourth-order valence-corrected chi connectivity index (χ4v) is 5.38. The lowest BCUT2D eigenvalue weighted by atomic mass is 9.76. The summed E-state index contributed by atoms with van der Waals surface area (Å²) in [5.74, 6) is 0.508. The van der Waals surface area contributed by atoms with Crippen molar-refractivity contribution in [3.63, 3.8) is 0 Å². The van der Waals surface area contributed by atoms with Crippen LogP contribution in [0.25, 0.3) is 22.3 Å². The Morgan fingerprint density at radius 1 is 1.25 bits per heavy atom. The average molecular weight is 432 g/mol. The minimum absolute atomic E-state index is 0.117. The van der Waals surface area contributed by atoms with Gasteiger partial charge in [-0.25, -0.2) is 9.78 Å². The van der Waals surface area contributed by atoms with Gasteiger partial charge in [-0.15, -0.1) is 0 Å². The summed E-state index contributed by atoms with van der Waals surface area (Å²) >= 11 is 0. The van der Waals surface area contributed by atoms with E-state index in [9.17, 15) is 14.7 Å². The molecule has 7 heteroatoms. The molecule has 7 nitrogen and oxygen atoms in total. The first-order valence-electron chi connectivity index (χ1n) is 11.1. The van der Waals surface area contributed by atoms with Crippen molar-refractivity contribution in [2.75, 3.05) is 7.11 Å². The van der Waals surface area contributed by atoms with E-state index in [2.05, 4.69) is 0 Å². The summed E-state index contributed by atoms with van der Waals surface area (Å²) in [6, 6.07) is 7.66. The molecule has 3 aliphatic rings. The van der Waals surface area contributed by atoms with Crippen LogP contribution in [0.1, 0.15) is 60.8 Å². The van der Waals surface area contributed by atoms with Crippen molar-refractivity contribution < 1.29 is 19.4 Å². The molecule has 0 saturated heterocycles. The van der Waals surface area contributed by atoms with Crippen LogP contribution in [-0.2, 0) is 28.3 Å². The van der Waals surface area contributed by atoms with Gasteiger partial charge in [0.15, 0.2) is 5.60 Å². The molecule has 0 bridgehead atoms. The molecule has 32 heavy (non-hydrogen) atoms. The third-order valence-corrected chi connectivity index (χ3v) is 7.45. The summed E-state index contributed by atoms with van der Waals surface area (Å²) in [5, 5.41) is 12.1. The minimum Gasteiger partial charge on any atom is -0.497 e. The van der Waals surface area contributed by atoms with Crippen LogP contribution < -0.4 is 10.3 Å². The highest BCUT2D eigenvalue weighted by Crippen LogP contribution is 2.47. The quantitative estimate of drug-likeness (QED) is 0.499. The third-order valence-electron chi connectivity index (χ3n) is 7.45. The summed E-state index contributed by atoms with van der Waals surface area (Å²) in [5.41, 5.74) is 3.24. The number of cyclic esters (lactones) is 1. The maximum Gasteiger partial charge on any atom is 0.343 e. The second-order valence-corrected chi connectivity index (χ2v) is 8.97. The van der Waals surface area contributed by atoms with E-state index in [1.807, 2.05) is 18.2 Å². The molecule has 0 amide bonds. The molecular weight excluding hydrogens is 408 g/mol. The predicted molar refractivity (Wildman–Crippen MR) is 118 cm³/mol. The molecular formula is C25H24N2O5. The van der Waals surface area contributed by atoms with Gasteiger partial charge in [-0.2, -0.15) is 0 Å².